The number of hydrogen-bond acceptors (Lipinski definition) is 5. The molecule has 1 aromatic carbocycles. The van der Waals surface area contributed by atoms with Crippen molar-refractivity contribution in [2.24, 2.45) is 5.92 Å². The van der Waals surface area contributed by atoms with Crippen molar-refractivity contribution in [2.75, 3.05) is 44.3 Å². The standard InChI is InChI=1S/C19H25N3O2S/c23-18(15-5-1-2-6-15)22(10-9-21-11-13-24-14-12-21)19-20-16-7-3-4-8-17(16)25-19/h3-4,7-8,15H,1-2,5-6,9-14H2. The third kappa shape index (κ3) is 3.86. The zero-order chi connectivity index (χ0) is 17.1. The van der Waals surface area contributed by atoms with E-state index in [2.05, 4.69) is 11.0 Å². The van der Waals surface area contributed by atoms with Crippen LogP contribution in [0.2, 0.25) is 0 Å². The monoisotopic (exact) mass is 359 g/mol. The summed E-state index contributed by atoms with van der Waals surface area (Å²) >= 11 is 1.63. The predicted octanol–water partition coefficient (Wildman–Crippen LogP) is 3.15. The number of morpholine rings is 1. The molecule has 0 radical (unpaired) electrons. The second-order valence-corrected chi connectivity index (χ2v) is 7.90. The van der Waals surface area contributed by atoms with Gasteiger partial charge in [-0.15, -0.1) is 0 Å². The van der Waals surface area contributed by atoms with Gasteiger partial charge in [0.2, 0.25) is 5.91 Å². The maximum absolute atomic E-state index is 13.1. The quantitative estimate of drug-likeness (QED) is 0.823. The van der Waals surface area contributed by atoms with Gasteiger partial charge >= 0.3 is 0 Å². The van der Waals surface area contributed by atoms with Gasteiger partial charge in [0.1, 0.15) is 0 Å². The summed E-state index contributed by atoms with van der Waals surface area (Å²) < 4.78 is 6.57. The zero-order valence-corrected chi connectivity index (χ0v) is 15.3. The van der Waals surface area contributed by atoms with Gasteiger partial charge in [-0.3, -0.25) is 14.6 Å². The molecular formula is C19H25N3O2S. The van der Waals surface area contributed by atoms with Gasteiger partial charge in [0.05, 0.1) is 23.4 Å². The average Bonchev–Trinajstić information content (AvgIpc) is 3.32. The van der Waals surface area contributed by atoms with E-state index in [4.69, 9.17) is 9.72 Å². The molecule has 0 N–H and O–H groups in total. The van der Waals surface area contributed by atoms with Crippen LogP contribution in [0.4, 0.5) is 5.13 Å². The third-order valence-corrected chi connectivity index (χ3v) is 6.29. The number of thiazole rings is 1. The third-order valence-electron chi connectivity index (χ3n) is 5.23. The van der Waals surface area contributed by atoms with Crippen molar-refractivity contribution < 1.29 is 9.53 Å². The van der Waals surface area contributed by atoms with Crippen LogP contribution < -0.4 is 4.90 Å². The number of amides is 1. The SMILES string of the molecule is O=C(C1CCCC1)N(CCN1CCOCC1)c1nc2ccccc2s1. The van der Waals surface area contributed by atoms with Crippen LogP contribution in [0.3, 0.4) is 0 Å². The molecule has 1 aliphatic heterocycles. The topological polar surface area (TPSA) is 45.7 Å². The van der Waals surface area contributed by atoms with Crippen LogP contribution in [-0.2, 0) is 9.53 Å². The summed E-state index contributed by atoms with van der Waals surface area (Å²) in [5, 5.41) is 0.853. The number of carbonyl (C=O) groups is 1. The van der Waals surface area contributed by atoms with E-state index in [9.17, 15) is 4.79 Å². The Morgan fingerprint density at radius 3 is 2.76 bits per heavy atom. The fourth-order valence-electron chi connectivity index (χ4n) is 3.73. The second-order valence-electron chi connectivity index (χ2n) is 6.89. The Morgan fingerprint density at radius 2 is 2.00 bits per heavy atom. The lowest BCUT2D eigenvalue weighted by atomic mass is 10.1. The van der Waals surface area contributed by atoms with Crippen LogP contribution >= 0.6 is 11.3 Å². The Balaban J connectivity index is 1.54. The van der Waals surface area contributed by atoms with Gasteiger partial charge in [-0.05, 0) is 25.0 Å². The van der Waals surface area contributed by atoms with Crippen molar-refractivity contribution in [3.8, 4) is 0 Å². The van der Waals surface area contributed by atoms with Crippen LogP contribution in [0.15, 0.2) is 24.3 Å². The van der Waals surface area contributed by atoms with Gasteiger partial charge in [0.15, 0.2) is 5.13 Å². The molecule has 2 aliphatic rings. The largest absolute Gasteiger partial charge is 0.379 e. The summed E-state index contributed by atoms with van der Waals surface area (Å²) in [5.74, 6) is 0.446. The number of anilines is 1. The number of aromatic nitrogens is 1. The first-order valence-electron chi connectivity index (χ1n) is 9.28. The molecule has 1 saturated heterocycles. The molecule has 2 heterocycles. The van der Waals surface area contributed by atoms with Crippen molar-refractivity contribution in [2.45, 2.75) is 25.7 Å². The van der Waals surface area contributed by atoms with Crippen LogP contribution in [0.1, 0.15) is 25.7 Å². The summed E-state index contributed by atoms with van der Waals surface area (Å²) in [7, 11) is 0. The van der Waals surface area contributed by atoms with Crippen molar-refractivity contribution in [3.05, 3.63) is 24.3 Å². The first kappa shape index (κ1) is 16.9. The molecule has 2 fully saturated rings. The minimum Gasteiger partial charge on any atom is -0.379 e. The number of fused-ring (bicyclic) bond motifs is 1. The van der Waals surface area contributed by atoms with Gasteiger partial charge in [0.25, 0.3) is 0 Å². The summed E-state index contributed by atoms with van der Waals surface area (Å²) in [6.07, 6.45) is 4.40. The Morgan fingerprint density at radius 1 is 1.24 bits per heavy atom. The highest BCUT2D eigenvalue weighted by molar-refractivity contribution is 7.22. The first-order valence-corrected chi connectivity index (χ1v) is 10.1. The van der Waals surface area contributed by atoms with Crippen LogP contribution in [0.5, 0.6) is 0 Å². The fourth-order valence-corrected chi connectivity index (χ4v) is 4.73. The number of hydrogen-bond donors (Lipinski definition) is 0. The first-order chi connectivity index (χ1) is 12.3. The molecule has 134 valence electrons. The lowest BCUT2D eigenvalue weighted by Crippen LogP contribution is -2.44. The molecule has 1 amide bonds. The van der Waals surface area contributed by atoms with E-state index >= 15 is 0 Å². The Kier molecular flexibility index (Phi) is 5.29. The maximum atomic E-state index is 13.1. The summed E-state index contributed by atoms with van der Waals surface area (Å²) in [6.45, 7) is 5.08. The lowest BCUT2D eigenvalue weighted by Gasteiger charge is -2.30. The van der Waals surface area contributed by atoms with Crippen molar-refractivity contribution in [1.82, 2.24) is 9.88 Å². The van der Waals surface area contributed by atoms with Crippen LogP contribution in [0.25, 0.3) is 10.2 Å². The summed E-state index contributed by atoms with van der Waals surface area (Å²) in [5.41, 5.74) is 0.984. The molecule has 0 unspecified atom stereocenters. The number of para-hydroxylation sites is 1. The Labute approximate surface area is 152 Å². The molecular weight excluding hydrogens is 334 g/mol. The molecule has 0 atom stereocenters. The van der Waals surface area contributed by atoms with Crippen LogP contribution in [0, 0.1) is 5.92 Å². The normalized spacial score (nSPS) is 19.5. The van der Waals surface area contributed by atoms with E-state index < -0.39 is 0 Å². The van der Waals surface area contributed by atoms with Gasteiger partial charge < -0.3 is 4.74 Å². The highest BCUT2D eigenvalue weighted by atomic mass is 32.1. The summed E-state index contributed by atoms with van der Waals surface area (Å²) in [6, 6.07) is 8.14. The fraction of sp³-hybridized carbons (Fsp3) is 0.579. The molecule has 0 spiro atoms. The Bertz CT molecular complexity index is 687. The number of carbonyl (C=O) groups excluding carboxylic acids is 1. The molecule has 5 nitrogen and oxygen atoms in total. The minimum atomic E-state index is 0.178. The van der Waals surface area contributed by atoms with Crippen molar-refractivity contribution in [1.29, 1.82) is 0 Å². The average molecular weight is 359 g/mol. The van der Waals surface area contributed by atoms with Crippen molar-refractivity contribution >= 4 is 32.6 Å². The van der Waals surface area contributed by atoms with Gasteiger partial charge in [-0.25, -0.2) is 4.98 Å². The highest BCUT2D eigenvalue weighted by Crippen LogP contribution is 2.32. The van der Waals surface area contributed by atoms with Gasteiger partial charge in [-0.2, -0.15) is 0 Å². The molecule has 1 aromatic heterocycles. The summed E-state index contributed by atoms with van der Waals surface area (Å²) in [4.78, 5) is 22.2. The molecule has 25 heavy (non-hydrogen) atoms. The zero-order valence-electron chi connectivity index (χ0n) is 14.5. The Hall–Kier alpha value is -1.50. The van der Waals surface area contributed by atoms with Crippen molar-refractivity contribution in [3.63, 3.8) is 0 Å². The van der Waals surface area contributed by atoms with E-state index in [1.165, 1.54) is 12.8 Å². The molecule has 6 heteroatoms. The van der Waals surface area contributed by atoms with E-state index in [0.29, 0.717) is 0 Å². The number of ether oxygens (including phenoxy) is 1. The number of rotatable bonds is 5. The second kappa shape index (κ2) is 7.81. The molecule has 1 saturated carbocycles. The van der Waals surface area contributed by atoms with Crippen LogP contribution in [-0.4, -0.2) is 55.2 Å². The van der Waals surface area contributed by atoms with E-state index in [-0.39, 0.29) is 11.8 Å². The molecule has 0 bridgehead atoms. The smallest absolute Gasteiger partial charge is 0.231 e. The lowest BCUT2D eigenvalue weighted by molar-refractivity contribution is -0.122. The van der Waals surface area contributed by atoms with Gasteiger partial charge in [0, 0.05) is 32.1 Å². The molecule has 4 rings (SSSR count). The minimum absolute atomic E-state index is 0.178. The maximum Gasteiger partial charge on any atom is 0.231 e. The van der Waals surface area contributed by atoms with E-state index in [1.54, 1.807) is 11.3 Å². The van der Waals surface area contributed by atoms with E-state index in [0.717, 1.165) is 67.6 Å². The number of nitrogens with zero attached hydrogens (tertiary/aromatic N) is 3. The van der Waals surface area contributed by atoms with E-state index in [1.807, 2.05) is 23.1 Å². The predicted molar refractivity (Wildman–Crippen MR) is 101 cm³/mol. The molecule has 2 aromatic rings. The van der Waals surface area contributed by atoms with Gasteiger partial charge in [-0.1, -0.05) is 36.3 Å². The highest BCUT2D eigenvalue weighted by Gasteiger charge is 2.30. The molecule has 1 aliphatic carbocycles. The number of benzene rings is 1.